The van der Waals surface area contributed by atoms with Gasteiger partial charge < -0.3 is 15.4 Å². The number of carbonyl (C=O) groups is 1. The fourth-order valence-electron chi connectivity index (χ4n) is 2.17. The highest BCUT2D eigenvalue weighted by Crippen LogP contribution is 2.12. The van der Waals surface area contributed by atoms with Crippen molar-refractivity contribution < 1.29 is 9.53 Å². The van der Waals surface area contributed by atoms with E-state index in [1.54, 1.807) is 7.11 Å². The van der Waals surface area contributed by atoms with E-state index < -0.39 is 0 Å². The zero-order valence-electron chi connectivity index (χ0n) is 13.1. The predicted molar refractivity (Wildman–Crippen MR) is 89.4 cm³/mol. The van der Waals surface area contributed by atoms with Crippen LogP contribution < -0.4 is 15.4 Å². The highest BCUT2D eigenvalue weighted by atomic mass is 16.5. The van der Waals surface area contributed by atoms with Gasteiger partial charge in [-0.2, -0.15) is 0 Å². The molecule has 0 aromatic heterocycles. The number of hydrogen-bond acceptors (Lipinski definition) is 3. The molecule has 4 nitrogen and oxygen atoms in total. The number of aryl methyl sites for hydroxylation is 1. The molecule has 0 unspecified atom stereocenters. The van der Waals surface area contributed by atoms with Gasteiger partial charge in [-0.3, -0.25) is 4.79 Å². The minimum absolute atomic E-state index is 0.00981. The van der Waals surface area contributed by atoms with E-state index in [1.807, 2.05) is 55.5 Å². The van der Waals surface area contributed by atoms with Gasteiger partial charge in [0.1, 0.15) is 5.75 Å². The first-order chi connectivity index (χ1) is 10.7. The van der Waals surface area contributed by atoms with E-state index in [2.05, 4.69) is 10.6 Å². The first kappa shape index (κ1) is 15.9. The fraction of sp³-hybridized carbons (Fsp3) is 0.278. The number of anilines is 1. The largest absolute Gasteiger partial charge is 0.497 e. The number of methoxy groups -OCH3 is 1. The Bertz CT molecular complexity index is 626. The van der Waals surface area contributed by atoms with Crippen molar-refractivity contribution in [2.24, 2.45) is 0 Å². The molecule has 0 aliphatic carbocycles. The molecule has 2 rings (SSSR count). The maximum atomic E-state index is 11.8. The van der Waals surface area contributed by atoms with Crippen molar-refractivity contribution in [3.63, 3.8) is 0 Å². The second kappa shape index (κ2) is 8.08. The summed E-state index contributed by atoms with van der Waals surface area (Å²) in [6, 6.07) is 15.8. The Morgan fingerprint density at radius 1 is 1.14 bits per heavy atom. The van der Waals surface area contributed by atoms with Gasteiger partial charge in [-0.05, 0) is 48.7 Å². The summed E-state index contributed by atoms with van der Waals surface area (Å²) in [5, 5.41) is 6.03. The fourth-order valence-corrected chi connectivity index (χ4v) is 2.17. The van der Waals surface area contributed by atoms with Gasteiger partial charge in [-0.15, -0.1) is 0 Å². The van der Waals surface area contributed by atoms with Crippen molar-refractivity contribution in [2.75, 3.05) is 25.5 Å². The molecule has 2 N–H and O–H groups in total. The molecule has 1 amide bonds. The van der Waals surface area contributed by atoms with Crippen LogP contribution in [0.1, 0.15) is 11.1 Å². The van der Waals surface area contributed by atoms with E-state index in [1.165, 1.54) is 5.56 Å². The van der Waals surface area contributed by atoms with E-state index in [-0.39, 0.29) is 12.5 Å². The monoisotopic (exact) mass is 298 g/mol. The standard InChI is InChI=1S/C18H22N2O2/c1-14-5-3-7-16(11-14)20-13-18(21)19-10-9-15-6-4-8-17(12-15)22-2/h3-8,11-12,20H,9-10,13H2,1-2H3,(H,19,21). The van der Waals surface area contributed by atoms with Gasteiger partial charge in [0.2, 0.25) is 5.91 Å². The Labute approximate surface area is 131 Å². The Kier molecular flexibility index (Phi) is 5.83. The van der Waals surface area contributed by atoms with Crippen LogP contribution >= 0.6 is 0 Å². The predicted octanol–water partition coefficient (Wildman–Crippen LogP) is 2.77. The van der Waals surface area contributed by atoms with Crippen molar-refractivity contribution in [2.45, 2.75) is 13.3 Å². The lowest BCUT2D eigenvalue weighted by Crippen LogP contribution is -2.31. The van der Waals surface area contributed by atoms with Crippen LogP contribution in [0, 0.1) is 6.92 Å². The molecule has 0 spiro atoms. The molecule has 0 bridgehead atoms. The first-order valence-corrected chi connectivity index (χ1v) is 7.37. The molecule has 116 valence electrons. The zero-order valence-corrected chi connectivity index (χ0v) is 13.1. The van der Waals surface area contributed by atoms with Gasteiger partial charge in [0, 0.05) is 12.2 Å². The summed E-state index contributed by atoms with van der Waals surface area (Å²) in [4.78, 5) is 11.8. The molecule has 0 atom stereocenters. The molecular weight excluding hydrogens is 276 g/mol. The van der Waals surface area contributed by atoms with Crippen LogP contribution in [-0.2, 0) is 11.2 Å². The third kappa shape index (κ3) is 5.13. The second-order valence-electron chi connectivity index (χ2n) is 5.17. The number of ether oxygens (including phenoxy) is 1. The average Bonchev–Trinajstić information content (AvgIpc) is 2.53. The molecule has 4 heteroatoms. The molecule has 22 heavy (non-hydrogen) atoms. The summed E-state index contributed by atoms with van der Waals surface area (Å²) in [7, 11) is 1.65. The van der Waals surface area contributed by atoms with Crippen LogP contribution in [0.2, 0.25) is 0 Å². The van der Waals surface area contributed by atoms with Crippen molar-refractivity contribution in [3.8, 4) is 5.75 Å². The van der Waals surface area contributed by atoms with E-state index in [0.717, 1.165) is 23.4 Å². The van der Waals surface area contributed by atoms with Crippen LogP contribution in [-0.4, -0.2) is 26.1 Å². The summed E-state index contributed by atoms with van der Waals surface area (Å²) in [6.45, 7) is 2.92. The smallest absolute Gasteiger partial charge is 0.239 e. The lowest BCUT2D eigenvalue weighted by atomic mass is 10.1. The van der Waals surface area contributed by atoms with Gasteiger partial charge in [0.05, 0.1) is 13.7 Å². The Morgan fingerprint density at radius 2 is 1.95 bits per heavy atom. The average molecular weight is 298 g/mol. The molecule has 0 aliphatic rings. The highest BCUT2D eigenvalue weighted by Gasteiger charge is 2.02. The number of amides is 1. The normalized spacial score (nSPS) is 10.1. The summed E-state index contributed by atoms with van der Waals surface area (Å²) in [5.41, 5.74) is 3.28. The van der Waals surface area contributed by atoms with E-state index in [9.17, 15) is 4.79 Å². The SMILES string of the molecule is COc1cccc(CCNC(=O)CNc2cccc(C)c2)c1. The van der Waals surface area contributed by atoms with Gasteiger partial charge in [0.15, 0.2) is 0 Å². The second-order valence-corrected chi connectivity index (χ2v) is 5.17. The summed E-state index contributed by atoms with van der Waals surface area (Å²) >= 11 is 0. The van der Waals surface area contributed by atoms with Crippen LogP contribution in [0.4, 0.5) is 5.69 Å². The summed E-state index contributed by atoms with van der Waals surface area (Å²) in [5.74, 6) is 0.828. The maximum absolute atomic E-state index is 11.8. The van der Waals surface area contributed by atoms with Crippen molar-refractivity contribution in [1.29, 1.82) is 0 Å². The summed E-state index contributed by atoms with van der Waals surface area (Å²) < 4.78 is 5.18. The van der Waals surface area contributed by atoms with Crippen molar-refractivity contribution in [3.05, 3.63) is 59.7 Å². The van der Waals surface area contributed by atoms with E-state index in [0.29, 0.717) is 6.54 Å². The zero-order chi connectivity index (χ0) is 15.8. The molecule has 2 aromatic rings. The molecule has 0 fully saturated rings. The lowest BCUT2D eigenvalue weighted by molar-refractivity contribution is -0.119. The van der Waals surface area contributed by atoms with Crippen LogP contribution in [0.3, 0.4) is 0 Å². The van der Waals surface area contributed by atoms with Gasteiger partial charge in [-0.1, -0.05) is 24.3 Å². The quantitative estimate of drug-likeness (QED) is 0.826. The minimum atomic E-state index is -0.00981. The third-order valence-corrected chi connectivity index (χ3v) is 3.34. The Hall–Kier alpha value is -2.49. The molecule has 0 saturated carbocycles. The lowest BCUT2D eigenvalue weighted by Gasteiger charge is -2.09. The van der Waals surface area contributed by atoms with Gasteiger partial charge in [0.25, 0.3) is 0 Å². The van der Waals surface area contributed by atoms with Crippen molar-refractivity contribution in [1.82, 2.24) is 5.32 Å². The van der Waals surface area contributed by atoms with E-state index >= 15 is 0 Å². The van der Waals surface area contributed by atoms with Gasteiger partial charge >= 0.3 is 0 Å². The number of rotatable bonds is 7. The molecule has 0 saturated heterocycles. The number of nitrogens with one attached hydrogen (secondary N) is 2. The van der Waals surface area contributed by atoms with Crippen LogP contribution in [0.25, 0.3) is 0 Å². The molecular formula is C18H22N2O2. The third-order valence-electron chi connectivity index (χ3n) is 3.34. The Morgan fingerprint density at radius 3 is 2.73 bits per heavy atom. The molecule has 2 aromatic carbocycles. The topological polar surface area (TPSA) is 50.4 Å². The van der Waals surface area contributed by atoms with E-state index in [4.69, 9.17) is 4.74 Å². The number of carbonyl (C=O) groups excluding carboxylic acids is 1. The molecule has 0 radical (unpaired) electrons. The minimum Gasteiger partial charge on any atom is -0.497 e. The Balaban J connectivity index is 1.71. The number of hydrogen-bond donors (Lipinski definition) is 2. The molecule has 0 heterocycles. The van der Waals surface area contributed by atoms with Gasteiger partial charge in [-0.25, -0.2) is 0 Å². The first-order valence-electron chi connectivity index (χ1n) is 7.37. The highest BCUT2D eigenvalue weighted by molar-refractivity contribution is 5.80. The summed E-state index contributed by atoms with van der Waals surface area (Å²) in [6.07, 6.45) is 0.785. The molecule has 0 aliphatic heterocycles. The van der Waals surface area contributed by atoms with Crippen LogP contribution in [0.5, 0.6) is 5.75 Å². The van der Waals surface area contributed by atoms with Crippen molar-refractivity contribution >= 4 is 11.6 Å². The number of benzene rings is 2. The maximum Gasteiger partial charge on any atom is 0.239 e. The van der Waals surface area contributed by atoms with Crippen LogP contribution in [0.15, 0.2) is 48.5 Å².